The van der Waals surface area contributed by atoms with Crippen LogP contribution in [0.3, 0.4) is 0 Å². The van der Waals surface area contributed by atoms with Crippen LogP contribution in [0.5, 0.6) is 0 Å². The fourth-order valence-corrected chi connectivity index (χ4v) is 5.19. The van der Waals surface area contributed by atoms with E-state index in [-0.39, 0.29) is 22.9 Å². The lowest BCUT2D eigenvalue weighted by molar-refractivity contribution is -0.115. The zero-order chi connectivity index (χ0) is 21.0. The van der Waals surface area contributed by atoms with Crippen molar-refractivity contribution in [2.24, 2.45) is 0 Å². The maximum Gasteiger partial charge on any atom is 0.230 e. The Kier molecular flexibility index (Phi) is 6.44. The molecule has 0 aliphatic heterocycles. The van der Waals surface area contributed by atoms with Crippen LogP contribution in [0, 0.1) is 5.82 Å². The predicted molar refractivity (Wildman–Crippen MR) is 123 cm³/mol. The molecule has 0 unspecified atom stereocenters. The van der Waals surface area contributed by atoms with Gasteiger partial charge in [-0.05, 0) is 72.7 Å². The zero-order valence-electron chi connectivity index (χ0n) is 16.7. The van der Waals surface area contributed by atoms with Gasteiger partial charge < -0.3 is 5.32 Å². The lowest BCUT2D eigenvalue weighted by Gasteiger charge is -2.16. The van der Waals surface area contributed by atoms with Crippen molar-refractivity contribution in [3.8, 4) is 0 Å². The van der Waals surface area contributed by atoms with Gasteiger partial charge in [-0.15, -0.1) is 23.5 Å². The van der Waals surface area contributed by atoms with Crippen molar-refractivity contribution in [1.82, 2.24) is 4.98 Å². The number of nitrogens with one attached hydrogen (secondary N) is 1. The average molecular weight is 439 g/mol. The monoisotopic (exact) mass is 438 g/mol. The molecule has 1 aromatic heterocycles. The smallest absolute Gasteiger partial charge is 0.230 e. The number of hydrogen-bond acceptors (Lipinski definition) is 4. The van der Waals surface area contributed by atoms with E-state index in [2.05, 4.69) is 29.4 Å². The van der Waals surface area contributed by atoms with E-state index in [1.54, 1.807) is 23.5 Å². The second kappa shape index (κ2) is 9.23. The van der Waals surface area contributed by atoms with E-state index in [0.717, 1.165) is 39.8 Å². The van der Waals surface area contributed by atoms with Crippen LogP contribution < -0.4 is 5.32 Å². The largest absolute Gasteiger partial charge is 0.326 e. The molecule has 0 bridgehead atoms. The lowest BCUT2D eigenvalue weighted by atomic mass is 10.1. The molecule has 3 nitrogen and oxygen atoms in total. The molecule has 2 aromatic carbocycles. The number of rotatable bonds is 8. The molecular weight excluding hydrogens is 415 g/mol. The number of nitrogens with zero attached hydrogens (tertiary/aromatic N) is 1. The van der Waals surface area contributed by atoms with Crippen molar-refractivity contribution in [1.29, 1.82) is 0 Å². The minimum absolute atomic E-state index is 0.0581. The summed E-state index contributed by atoms with van der Waals surface area (Å²) in [5, 5.41) is 2.95. The van der Waals surface area contributed by atoms with Crippen molar-refractivity contribution in [2.45, 2.75) is 40.7 Å². The minimum atomic E-state index is -0.213. The second-order valence-electron chi connectivity index (χ2n) is 7.27. The standard InChI is InChI=1S/C24H23FN2OS2/c1-2-29-22-12-9-20(26-16-22)15-23(28)27-19-7-3-17(4-8-19)24(13-14-24)30-21-10-5-18(25)6-11-21/h3-12,16H,2,13-15H2,1H3,(H,27,28). The van der Waals surface area contributed by atoms with Crippen LogP contribution in [0.4, 0.5) is 10.1 Å². The first-order valence-corrected chi connectivity index (χ1v) is 11.8. The summed E-state index contributed by atoms with van der Waals surface area (Å²) in [7, 11) is 0. The summed E-state index contributed by atoms with van der Waals surface area (Å²) in [5.41, 5.74) is 2.78. The Hall–Kier alpha value is -2.31. The van der Waals surface area contributed by atoms with Gasteiger partial charge in [0.1, 0.15) is 5.82 Å². The van der Waals surface area contributed by atoms with Crippen molar-refractivity contribution in [3.63, 3.8) is 0 Å². The Morgan fingerprint density at radius 3 is 2.33 bits per heavy atom. The molecule has 1 amide bonds. The third kappa shape index (κ3) is 5.24. The minimum Gasteiger partial charge on any atom is -0.326 e. The first-order valence-electron chi connectivity index (χ1n) is 9.99. The van der Waals surface area contributed by atoms with Crippen LogP contribution in [0.15, 0.2) is 76.7 Å². The Bertz CT molecular complexity index is 1000. The number of carbonyl (C=O) groups is 1. The molecule has 0 spiro atoms. The first-order chi connectivity index (χ1) is 14.6. The maximum atomic E-state index is 13.1. The number of halogens is 1. The van der Waals surface area contributed by atoms with Gasteiger partial charge in [0.25, 0.3) is 0 Å². The number of thioether (sulfide) groups is 2. The van der Waals surface area contributed by atoms with Crippen LogP contribution in [-0.4, -0.2) is 16.6 Å². The average Bonchev–Trinajstić information content (AvgIpc) is 3.52. The molecule has 1 fully saturated rings. The summed E-state index contributed by atoms with van der Waals surface area (Å²) in [6.45, 7) is 2.10. The predicted octanol–water partition coefficient (Wildman–Crippen LogP) is 6.30. The molecule has 1 saturated carbocycles. The van der Waals surface area contributed by atoms with Gasteiger partial charge in [0.2, 0.25) is 5.91 Å². The molecule has 3 aromatic rings. The summed E-state index contributed by atoms with van der Waals surface area (Å²) in [4.78, 5) is 18.9. The SMILES string of the molecule is CCSc1ccc(CC(=O)Nc2ccc(C3(Sc4ccc(F)cc4)CC3)cc2)nc1. The lowest BCUT2D eigenvalue weighted by Crippen LogP contribution is -2.15. The second-order valence-corrected chi connectivity index (χ2v) is 10.1. The van der Waals surface area contributed by atoms with Crippen molar-refractivity contribution in [2.75, 3.05) is 11.1 Å². The number of amides is 1. The molecule has 6 heteroatoms. The molecular formula is C24H23FN2OS2. The molecule has 1 N–H and O–H groups in total. The van der Waals surface area contributed by atoms with E-state index in [1.165, 1.54) is 17.7 Å². The van der Waals surface area contributed by atoms with Crippen LogP contribution in [0.1, 0.15) is 31.0 Å². The van der Waals surface area contributed by atoms with E-state index < -0.39 is 0 Å². The summed E-state index contributed by atoms with van der Waals surface area (Å²) < 4.78 is 13.2. The van der Waals surface area contributed by atoms with Gasteiger partial charge in [0.15, 0.2) is 0 Å². The van der Waals surface area contributed by atoms with Gasteiger partial charge in [-0.2, -0.15) is 0 Å². The van der Waals surface area contributed by atoms with Crippen LogP contribution in [-0.2, 0) is 16.0 Å². The highest BCUT2D eigenvalue weighted by atomic mass is 32.2. The number of pyridine rings is 1. The molecule has 1 aliphatic carbocycles. The van der Waals surface area contributed by atoms with Crippen molar-refractivity contribution >= 4 is 35.1 Å². The van der Waals surface area contributed by atoms with E-state index in [1.807, 2.05) is 42.6 Å². The molecule has 4 rings (SSSR count). The fourth-order valence-electron chi connectivity index (χ4n) is 3.29. The number of anilines is 1. The topological polar surface area (TPSA) is 42.0 Å². The Morgan fingerprint density at radius 1 is 1.03 bits per heavy atom. The van der Waals surface area contributed by atoms with Gasteiger partial charge >= 0.3 is 0 Å². The third-order valence-electron chi connectivity index (χ3n) is 4.98. The summed E-state index contributed by atoms with van der Waals surface area (Å²) >= 11 is 3.51. The van der Waals surface area contributed by atoms with Gasteiger partial charge in [0, 0.05) is 32.1 Å². The summed E-state index contributed by atoms with van der Waals surface area (Å²) in [6, 6.07) is 18.6. The molecule has 30 heavy (non-hydrogen) atoms. The van der Waals surface area contributed by atoms with E-state index in [9.17, 15) is 9.18 Å². The number of carbonyl (C=O) groups excluding carboxylic acids is 1. The molecule has 0 atom stereocenters. The van der Waals surface area contributed by atoms with Crippen molar-refractivity contribution < 1.29 is 9.18 Å². The van der Waals surface area contributed by atoms with E-state index >= 15 is 0 Å². The molecule has 0 radical (unpaired) electrons. The van der Waals surface area contributed by atoms with Gasteiger partial charge in [-0.1, -0.05) is 19.1 Å². The fraction of sp³-hybridized carbons (Fsp3) is 0.250. The Balaban J connectivity index is 1.35. The van der Waals surface area contributed by atoms with E-state index in [0.29, 0.717) is 0 Å². The first kappa shape index (κ1) is 20.9. The molecule has 1 heterocycles. The molecule has 0 saturated heterocycles. The van der Waals surface area contributed by atoms with Crippen LogP contribution >= 0.6 is 23.5 Å². The quantitative estimate of drug-likeness (QED) is 0.419. The third-order valence-corrected chi connectivity index (χ3v) is 7.38. The molecule has 1 aliphatic rings. The van der Waals surface area contributed by atoms with Crippen LogP contribution in [0.25, 0.3) is 0 Å². The van der Waals surface area contributed by atoms with Gasteiger partial charge in [0.05, 0.1) is 6.42 Å². The highest BCUT2D eigenvalue weighted by molar-refractivity contribution is 8.00. The normalized spacial score (nSPS) is 14.3. The number of benzene rings is 2. The number of aromatic nitrogens is 1. The van der Waals surface area contributed by atoms with Gasteiger partial charge in [-0.25, -0.2) is 4.39 Å². The maximum absolute atomic E-state index is 13.1. The van der Waals surface area contributed by atoms with E-state index in [4.69, 9.17) is 0 Å². The molecule has 154 valence electrons. The van der Waals surface area contributed by atoms with Gasteiger partial charge in [-0.3, -0.25) is 9.78 Å². The summed E-state index contributed by atoms with van der Waals surface area (Å²) in [6.07, 6.45) is 4.26. The Labute approximate surface area is 184 Å². The zero-order valence-corrected chi connectivity index (χ0v) is 18.4. The Morgan fingerprint density at radius 2 is 1.73 bits per heavy atom. The highest BCUT2D eigenvalue weighted by Crippen LogP contribution is 2.59. The highest BCUT2D eigenvalue weighted by Gasteiger charge is 2.45. The number of hydrogen-bond donors (Lipinski definition) is 1. The van der Waals surface area contributed by atoms with Crippen LogP contribution in [0.2, 0.25) is 0 Å². The summed E-state index contributed by atoms with van der Waals surface area (Å²) in [5.74, 6) is 0.713. The van der Waals surface area contributed by atoms with Crippen molar-refractivity contribution in [3.05, 3.63) is 83.9 Å².